The van der Waals surface area contributed by atoms with E-state index in [1.54, 1.807) is 45.4 Å². The molecule has 0 radical (unpaired) electrons. The Morgan fingerprint density at radius 1 is 0.969 bits per heavy atom. The summed E-state index contributed by atoms with van der Waals surface area (Å²) < 4.78 is 22.6. The van der Waals surface area contributed by atoms with E-state index in [9.17, 15) is 4.79 Å². The predicted octanol–water partition coefficient (Wildman–Crippen LogP) is 5.07. The highest BCUT2D eigenvalue weighted by Crippen LogP contribution is 2.33. The first kappa shape index (κ1) is 24.0. The van der Waals surface area contributed by atoms with E-state index in [0.717, 1.165) is 25.2 Å². The molecule has 172 valence electrons. The van der Waals surface area contributed by atoms with E-state index < -0.39 is 0 Å². The van der Waals surface area contributed by atoms with Gasteiger partial charge in [0.05, 0.1) is 25.2 Å². The number of methoxy groups -OCH3 is 2. The average Bonchev–Trinajstić information content (AvgIpc) is 2.79. The predicted molar refractivity (Wildman–Crippen MR) is 129 cm³/mol. The van der Waals surface area contributed by atoms with E-state index in [0.29, 0.717) is 46.1 Å². The van der Waals surface area contributed by atoms with Crippen LogP contribution in [0.5, 0.6) is 17.2 Å². The second-order valence-corrected chi connectivity index (χ2v) is 7.84. The molecule has 1 aliphatic rings. The lowest BCUT2D eigenvalue weighted by atomic mass is 10.0. The number of rotatable bonds is 7. The van der Waals surface area contributed by atoms with Gasteiger partial charge in [-0.1, -0.05) is 12.5 Å². The zero-order chi connectivity index (χ0) is 21.8. The summed E-state index contributed by atoms with van der Waals surface area (Å²) in [7, 11) is 3.16. The van der Waals surface area contributed by atoms with Gasteiger partial charge in [-0.05, 0) is 62.7 Å². The summed E-state index contributed by atoms with van der Waals surface area (Å²) >= 11 is 0. The van der Waals surface area contributed by atoms with Gasteiger partial charge in [0.25, 0.3) is 0 Å². The summed E-state index contributed by atoms with van der Waals surface area (Å²) in [4.78, 5) is 15.7. The Morgan fingerprint density at radius 2 is 1.72 bits per heavy atom. The minimum atomic E-state index is -0.0779. The number of likely N-dealkylation sites (tertiary alicyclic amines) is 1. The number of aryl methyl sites for hydroxylation is 1. The number of nitrogens with zero attached hydrogens (tertiary/aromatic N) is 1. The van der Waals surface area contributed by atoms with Gasteiger partial charge in [-0.2, -0.15) is 0 Å². The number of piperidine rings is 1. The summed E-state index contributed by atoms with van der Waals surface area (Å²) in [6.07, 6.45) is 3.86. The molecule has 6 nitrogen and oxygen atoms in total. The fraction of sp³-hybridized carbons (Fsp3) is 0.400. The first-order chi connectivity index (χ1) is 15.1. The number of hydrogen-bond donors (Lipinski definition) is 0. The van der Waals surface area contributed by atoms with Crippen LogP contribution in [0.2, 0.25) is 0 Å². The van der Waals surface area contributed by atoms with Crippen molar-refractivity contribution in [1.29, 1.82) is 0 Å². The zero-order valence-electron chi connectivity index (χ0n) is 18.8. The first-order valence-electron chi connectivity index (χ1n) is 10.8. The maximum Gasteiger partial charge on any atom is 0.200 e. The summed E-state index contributed by atoms with van der Waals surface area (Å²) in [5.74, 6) is 2.44. The molecular formula is C25H30ClNO5. The van der Waals surface area contributed by atoms with Crippen molar-refractivity contribution in [2.24, 2.45) is 0 Å². The first-order valence-corrected chi connectivity index (χ1v) is 10.8. The van der Waals surface area contributed by atoms with Gasteiger partial charge in [0, 0.05) is 12.6 Å². The molecule has 2 heterocycles. The van der Waals surface area contributed by atoms with Crippen LogP contribution in [-0.2, 0) is 0 Å². The summed E-state index contributed by atoms with van der Waals surface area (Å²) in [5.41, 5.74) is 1.70. The van der Waals surface area contributed by atoms with Crippen molar-refractivity contribution >= 4 is 23.4 Å². The molecule has 3 aromatic rings. The van der Waals surface area contributed by atoms with E-state index in [4.69, 9.17) is 18.6 Å². The molecule has 0 atom stereocenters. The Balaban J connectivity index is 0.00000289. The maximum absolute atomic E-state index is 13.3. The van der Waals surface area contributed by atoms with Gasteiger partial charge in [-0.3, -0.25) is 9.69 Å². The van der Waals surface area contributed by atoms with Crippen LogP contribution < -0.4 is 19.6 Å². The van der Waals surface area contributed by atoms with Gasteiger partial charge in [-0.25, -0.2) is 0 Å². The molecule has 0 saturated carbocycles. The third kappa shape index (κ3) is 5.03. The Kier molecular flexibility index (Phi) is 8.04. The summed E-state index contributed by atoms with van der Waals surface area (Å²) in [6, 6.07) is 10.8. The van der Waals surface area contributed by atoms with Gasteiger partial charge in [-0.15, -0.1) is 12.4 Å². The lowest BCUT2D eigenvalue weighted by molar-refractivity contribution is 0.183. The van der Waals surface area contributed by atoms with Crippen molar-refractivity contribution in [1.82, 2.24) is 4.90 Å². The number of fused-ring (bicyclic) bond motifs is 1. The molecule has 0 spiro atoms. The number of ether oxygens (including phenoxy) is 3. The van der Waals surface area contributed by atoms with Gasteiger partial charge in [0.15, 0.2) is 11.5 Å². The fourth-order valence-corrected chi connectivity index (χ4v) is 4.18. The number of benzene rings is 2. The molecule has 1 fully saturated rings. The third-order valence-electron chi connectivity index (χ3n) is 5.84. The zero-order valence-corrected chi connectivity index (χ0v) is 19.6. The van der Waals surface area contributed by atoms with Crippen LogP contribution in [0.1, 0.15) is 25.0 Å². The number of hydrogen-bond acceptors (Lipinski definition) is 6. The Bertz CT molecular complexity index is 1120. The van der Waals surface area contributed by atoms with Crippen LogP contribution in [0, 0.1) is 6.92 Å². The van der Waals surface area contributed by atoms with Gasteiger partial charge >= 0.3 is 0 Å². The van der Waals surface area contributed by atoms with Crippen molar-refractivity contribution < 1.29 is 18.6 Å². The second kappa shape index (κ2) is 10.7. The molecule has 2 aromatic carbocycles. The molecule has 1 saturated heterocycles. The van der Waals surface area contributed by atoms with Crippen LogP contribution in [0.3, 0.4) is 0 Å². The van der Waals surface area contributed by atoms with E-state index in [2.05, 4.69) is 4.90 Å². The molecule has 0 amide bonds. The smallest absolute Gasteiger partial charge is 0.200 e. The van der Waals surface area contributed by atoms with Crippen LogP contribution in [-0.4, -0.2) is 45.4 Å². The normalized spacial score (nSPS) is 14.1. The van der Waals surface area contributed by atoms with Crippen molar-refractivity contribution in [2.45, 2.75) is 26.2 Å². The molecule has 1 aliphatic heterocycles. The minimum Gasteiger partial charge on any atom is -0.493 e. The van der Waals surface area contributed by atoms with Crippen molar-refractivity contribution in [3.8, 4) is 28.4 Å². The molecular weight excluding hydrogens is 430 g/mol. The van der Waals surface area contributed by atoms with Crippen LogP contribution in [0.15, 0.2) is 45.6 Å². The van der Waals surface area contributed by atoms with Crippen LogP contribution in [0.4, 0.5) is 0 Å². The molecule has 4 rings (SSSR count). The summed E-state index contributed by atoms with van der Waals surface area (Å²) in [6.45, 7) is 5.64. The quantitative estimate of drug-likeness (QED) is 0.491. The molecule has 32 heavy (non-hydrogen) atoms. The van der Waals surface area contributed by atoms with E-state index in [-0.39, 0.29) is 17.8 Å². The van der Waals surface area contributed by atoms with Crippen LogP contribution in [0.25, 0.3) is 22.1 Å². The number of halogens is 1. The Hall–Kier alpha value is -2.70. The minimum absolute atomic E-state index is 0. The van der Waals surface area contributed by atoms with Crippen molar-refractivity contribution in [2.75, 3.05) is 40.5 Å². The Morgan fingerprint density at radius 3 is 2.44 bits per heavy atom. The molecule has 0 unspecified atom stereocenters. The highest BCUT2D eigenvalue weighted by atomic mass is 35.5. The van der Waals surface area contributed by atoms with E-state index in [1.807, 2.05) is 12.1 Å². The molecule has 0 aliphatic carbocycles. The fourth-order valence-electron chi connectivity index (χ4n) is 4.18. The van der Waals surface area contributed by atoms with Gasteiger partial charge in [0.1, 0.15) is 23.7 Å². The molecule has 0 bridgehead atoms. The lowest BCUT2D eigenvalue weighted by Crippen LogP contribution is -2.33. The SMILES string of the molecule is COc1ccc(-c2c(C)oc3cc(OCCN4CCCCC4)ccc3c2=O)cc1OC.Cl. The maximum atomic E-state index is 13.3. The highest BCUT2D eigenvalue weighted by molar-refractivity contribution is 5.85. The third-order valence-corrected chi connectivity index (χ3v) is 5.84. The lowest BCUT2D eigenvalue weighted by Gasteiger charge is -2.26. The summed E-state index contributed by atoms with van der Waals surface area (Å²) in [5, 5.41) is 0.527. The average molecular weight is 460 g/mol. The van der Waals surface area contributed by atoms with E-state index >= 15 is 0 Å². The van der Waals surface area contributed by atoms with Gasteiger partial charge in [0.2, 0.25) is 5.43 Å². The standard InChI is InChI=1S/C25H29NO5.ClH/c1-17-24(18-7-10-21(28-2)23(15-18)29-3)25(27)20-9-8-19(16-22(20)31-17)30-14-13-26-11-5-4-6-12-26;/h7-10,15-16H,4-6,11-14H2,1-3H3;1H. The highest BCUT2D eigenvalue weighted by Gasteiger charge is 2.16. The van der Waals surface area contributed by atoms with Crippen molar-refractivity contribution in [3.63, 3.8) is 0 Å². The topological polar surface area (TPSA) is 61.1 Å². The largest absolute Gasteiger partial charge is 0.493 e. The van der Waals surface area contributed by atoms with Gasteiger partial charge < -0.3 is 18.6 Å². The molecule has 7 heteroatoms. The van der Waals surface area contributed by atoms with Crippen LogP contribution >= 0.6 is 12.4 Å². The molecule has 1 aromatic heterocycles. The van der Waals surface area contributed by atoms with E-state index in [1.165, 1.54) is 19.3 Å². The Labute approximate surface area is 194 Å². The monoisotopic (exact) mass is 459 g/mol. The molecule has 0 N–H and O–H groups in total. The second-order valence-electron chi connectivity index (χ2n) is 7.84. The van der Waals surface area contributed by atoms with Crippen molar-refractivity contribution in [3.05, 3.63) is 52.4 Å².